The first-order valence-corrected chi connectivity index (χ1v) is 9.47. The van der Waals surface area contributed by atoms with Crippen LogP contribution in [0.3, 0.4) is 0 Å². The summed E-state index contributed by atoms with van der Waals surface area (Å²) in [6, 6.07) is 4.56. The van der Waals surface area contributed by atoms with Crippen molar-refractivity contribution in [3.8, 4) is 11.5 Å². The second-order valence-corrected chi connectivity index (χ2v) is 6.72. The molecule has 10 nitrogen and oxygen atoms in total. The summed E-state index contributed by atoms with van der Waals surface area (Å²) in [4.78, 5) is 50.4. The minimum absolute atomic E-state index is 0.113. The zero-order valence-electron chi connectivity index (χ0n) is 18.7. The van der Waals surface area contributed by atoms with E-state index in [4.69, 9.17) is 23.7 Å². The van der Waals surface area contributed by atoms with Crippen LogP contribution in [-0.2, 0) is 28.6 Å². The van der Waals surface area contributed by atoms with Gasteiger partial charge in [0.15, 0.2) is 6.61 Å². The first kappa shape index (κ1) is 24.4. The van der Waals surface area contributed by atoms with E-state index in [1.807, 2.05) is 0 Å². The molecule has 1 aromatic carbocycles. The fourth-order valence-electron chi connectivity index (χ4n) is 3.32. The summed E-state index contributed by atoms with van der Waals surface area (Å²) in [5.74, 6) is -3.88. The summed E-state index contributed by atoms with van der Waals surface area (Å²) < 4.78 is 25.1. The molecule has 0 spiro atoms. The Bertz CT molecular complexity index is 969. The zero-order chi connectivity index (χ0) is 24.0. The second-order valence-electron chi connectivity index (χ2n) is 6.72. The third kappa shape index (κ3) is 4.90. The molecule has 1 aliphatic rings. The molecule has 0 saturated heterocycles. The molecule has 0 aliphatic carbocycles. The van der Waals surface area contributed by atoms with Crippen LogP contribution >= 0.6 is 0 Å². The minimum Gasteiger partial charge on any atom is -0.497 e. The lowest BCUT2D eigenvalue weighted by Crippen LogP contribution is -2.38. The largest absolute Gasteiger partial charge is 0.497 e. The molecule has 1 aliphatic heterocycles. The van der Waals surface area contributed by atoms with E-state index in [9.17, 15) is 19.2 Å². The average Bonchev–Trinajstić information content (AvgIpc) is 2.80. The van der Waals surface area contributed by atoms with E-state index in [1.165, 1.54) is 26.4 Å². The lowest BCUT2D eigenvalue weighted by Gasteiger charge is -2.28. The molecule has 172 valence electrons. The van der Waals surface area contributed by atoms with Gasteiger partial charge in [0, 0.05) is 17.5 Å². The fourth-order valence-corrected chi connectivity index (χ4v) is 3.32. The van der Waals surface area contributed by atoms with Gasteiger partial charge in [-0.3, -0.25) is 9.59 Å². The summed E-state index contributed by atoms with van der Waals surface area (Å²) in [5, 5.41) is 2.87. The molecule has 1 aromatic rings. The van der Waals surface area contributed by atoms with Crippen LogP contribution in [0.1, 0.15) is 24.2 Å². The maximum atomic E-state index is 13.0. The molecule has 0 radical (unpaired) electrons. The van der Waals surface area contributed by atoms with Gasteiger partial charge >= 0.3 is 17.9 Å². The number of rotatable bonds is 8. The van der Waals surface area contributed by atoms with E-state index in [2.05, 4.69) is 5.32 Å². The van der Waals surface area contributed by atoms with Crippen LogP contribution in [0, 0.1) is 5.92 Å². The monoisotopic (exact) mass is 447 g/mol. The van der Waals surface area contributed by atoms with Crippen molar-refractivity contribution < 1.29 is 42.9 Å². The van der Waals surface area contributed by atoms with Crippen molar-refractivity contribution >= 4 is 23.7 Å². The normalized spacial score (nSPS) is 13.8. The van der Waals surface area contributed by atoms with E-state index < -0.39 is 36.2 Å². The molecule has 0 saturated carbocycles. The Hall–Kier alpha value is -3.82. The number of Topliss-reactive ketones (excluding diaryl/α,β-unsaturated/α-hetero) is 1. The van der Waals surface area contributed by atoms with Gasteiger partial charge in [0.25, 0.3) is 0 Å². The van der Waals surface area contributed by atoms with Crippen molar-refractivity contribution in [2.75, 3.05) is 35.0 Å². The third-order valence-electron chi connectivity index (χ3n) is 4.86. The van der Waals surface area contributed by atoms with Gasteiger partial charge in [0.05, 0.1) is 45.1 Å². The maximum absolute atomic E-state index is 13.0. The van der Waals surface area contributed by atoms with Crippen LogP contribution in [0.2, 0.25) is 0 Å². The molecule has 1 N–H and O–H groups in total. The number of benzene rings is 1. The number of carbonyl (C=O) groups excluding carboxylic acids is 4. The highest BCUT2D eigenvalue weighted by atomic mass is 16.5. The standard InChI is InChI=1S/C22H25NO9/c1-11-17(20(25)30-5)19(18(12(2)23-11)21(26)31-6)22(27)32-10-15(24)14-8-7-13(28-3)9-16(14)29-4/h7-9,19,23H,10H2,1-6H3. The molecule has 32 heavy (non-hydrogen) atoms. The molecule has 1 heterocycles. The number of ether oxygens (including phenoxy) is 5. The molecule has 0 aromatic heterocycles. The van der Waals surface area contributed by atoms with Gasteiger partial charge in [-0.15, -0.1) is 0 Å². The molecule has 0 bridgehead atoms. The predicted molar refractivity (Wildman–Crippen MR) is 111 cm³/mol. The second kappa shape index (κ2) is 10.5. The molecular weight excluding hydrogens is 422 g/mol. The molecule has 0 unspecified atom stereocenters. The number of esters is 3. The Kier molecular flexibility index (Phi) is 8.00. The summed E-state index contributed by atoms with van der Waals surface area (Å²) in [6.07, 6.45) is 0. The average molecular weight is 447 g/mol. The van der Waals surface area contributed by atoms with E-state index in [-0.39, 0.29) is 22.5 Å². The van der Waals surface area contributed by atoms with Gasteiger partial charge < -0.3 is 29.0 Å². The van der Waals surface area contributed by atoms with Crippen LogP contribution < -0.4 is 14.8 Å². The van der Waals surface area contributed by atoms with Crippen molar-refractivity contribution in [3.63, 3.8) is 0 Å². The van der Waals surface area contributed by atoms with E-state index in [0.29, 0.717) is 17.1 Å². The molecule has 0 atom stereocenters. The highest BCUT2D eigenvalue weighted by Crippen LogP contribution is 2.32. The number of carbonyl (C=O) groups is 4. The number of hydrogen-bond acceptors (Lipinski definition) is 10. The topological polar surface area (TPSA) is 126 Å². The minimum atomic E-state index is -1.43. The van der Waals surface area contributed by atoms with Crippen LogP contribution in [0.15, 0.2) is 40.7 Å². The Morgan fingerprint density at radius 1 is 0.875 bits per heavy atom. The van der Waals surface area contributed by atoms with Crippen LogP contribution in [0.5, 0.6) is 11.5 Å². The van der Waals surface area contributed by atoms with Crippen molar-refractivity contribution in [2.45, 2.75) is 13.8 Å². The first-order chi connectivity index (χ1) is 15.2. The number of nitrogens with one attached hydrogen (secondary N) is 1. The van der Waals surface area contributed by atoms with Gasteiger partial charge in [-0.1, -0.05) is 0 Å². The Morgan fingerprint density at radius 2 is 1.44 bits per heavy atom. The predicted octanol–water partition coefficient (Wildman–Crippen LogP) is 1.54. The van der Waals surface area contributed by atoms with Crippen molar-refractivity contribution in [3.05, 3.63) is 46.3 Å². The number of methoxy groups -OCH3 is 4. The third-order valence-corrected chi connectivity index (χ3v) is 4.86. The molecule has 2 rings (SSSR count). The Labute approximate surface area is 185 Å². The van der Waals surface area contributed by atoms with Crippen LogP contribution in [0.25, 0.3) is 0 Å². The zero-order valence-corrected chi connectivity index (χ0v) is 18.7. The van der Waals surface area contributed by atoms with Crippen molar-refractivity contribution in [1.82, 2.24) is 5.32 Å². The van der Waals surface area contributed by atoms with E-state index >= 15 is 0 Å². The summed E-state index contributed by atoms with van der Waals surface area (Å²) in [7, 11) is 5.15. The highest BCUT2D eigenvalue weighted by Gasteiger charge is 2.42. The smallest absolute Gasteiger partial charge is 0.336 e. The molecular formula is C22H25NO9. The Morgan fingerprint density at radius 3 is 1.91 bits per heavy atom. The fraction of sp³-hybridized carbons (Fsp3) is 0.364. The molecule has 10 heteroatoms. The van der Waals surface area contributed by atoms with E-state index in [1.54, 1.807) is 19.9 Å². The SMILES string of the molecule is COC(=O)C1=C(C)NC(C)=C(C(=O)OC)C1C(=O)OCC(=O)c1ccc(OC)cc1OC. The number of dihydropyridines is 1. The summed E-state index contributed by atoms with van der Waals surface area (Å²) in [5.41, 5.74) is 0.571. The molecule has 0 amide bonds. The number of ketones is 1. The molecule has 0 fully saturated rings. The van der Waals surface area contributed by atoms with Crippen molar-refractivity contribution in [1.29, 1.82) is 0 Å². The highest BCUT2D eigenvalue weighted by molar-refractivity contribution is 6.06. The lowest BCUT2D eigenvalue weighted by molar-refractivity contribution is -0.150. The lowest BCUT2D eigenvalue weighted by atomic mass is 9.85. The van der Waals surface area contributed by atoms with Gasteiger partial charge in [0.2, 0.25) is 5.78 Å². The van der Waals surface area contributed by atoms with Gasteiger partial charge in [-0.2, -0.15) is 0 Å². The van der Waals surface area contributed by atoms with Crippen molar-refractivity contribution in [2.24, 2.45) is 5.92 Å². The van der Waals surface area contributed by atoms with Crippen LogP contribution in [0.4, 0.5) is 0 Å². The Balaban J connectivity index is 2.34. The summed E-state index contributed by atoms with van der Waals surface area (Å²) >= 11 is 0. The number of allylic oxidation sites excluding steroid dienone is 2. The summed E-state index contributed by atoms with van der Waals surface area (Å²) in [6.45, 7) is 2.46. The quantitative estimate of drug-likeness (QED) is 0.356. The number of hydrogen-bond donors (Lipinski definition) is 1. The maximum Gasteiger partial charge on any atom is 0.336 e. The van der Waals surface area contributed by atoms with Gasteiger partial charge in [0.1, 0.15) is 17.4 Å². The van der Waals surface area contributed by atoms with E-state index in [0.717, 1.165) is 14.2 Å². The van der Waals surface area contributed by atoms with Gasteiger partial charge in [-0.25, -0.2) is 9.59 Å². The van der Waals surface area contributed by atoms with Crippen LogP contribution in [-0.4, -0.2) is 58.7 Å². The van der Waals surface area contributed by atoms with Gasteiger partial charge in [-0.05, 0) is 26.0 Å². The first-order valence-electron chi connectivity index (χ1n) is 9.47.